The molecule has 0 aromatic carbocycles. The van der Waals surface area contributed by atoms with Crippen LogP contribution in [0.1, 0.15) is 51.0 Å². The Hall–Kier alpha value is -1.05. The van der Waals surface area contributed by atoms with Gasteiger partial charge in [0, 0.05) is 39.4 Å². The summed E-state index contributed by atoms with van der Waals surface area (Å²) >= 11 is 0. The zero-order valence-electron chi connectivity index (χ0n) is 15.6. The van der Waals surface area contributed by atoms with Gasteiger partial charge in [-0.25, -0.2) is 4.98 Å². The van der Waals surface area contributed by atoms with Crippen LogP contribution in [0.5, 0.6) is 0 Å². The second kappa shape index (κ2) is 9.59. The van der Waals surface area contributed by atoms with Crippen LogP contribution in [0.15, 0.2) is 23.3 Å². The second-order valence-electron chi connectivity index (χ2n) is 7.21. The molecule has 1 aliphatic heterocycles. The van der Waals surface area contributed by atoms with Crippen molar-refractivity contribution in [2.24, 2.45) is 10.4 Å². The van der Waals surface area contributed by atoms with Crippen LogP contribution in [0.25, 0.3) is 0 Å². The van der Waals surface area contributed by atoms with Gasteiger partial charge in [-0.15, -0.1) is 24.0 Å². The van der Waals surface area contributed by atoms with Crippen molar-refractivity contribution in [2.75, 3.05) is 31.6 Å². The summed E-state index contributed by atoms with van der Waals surface area (Å²) in [7, 11) is 1.84. The average molecular weight is 457 g/mol. The number of halogens is 1. The van der Waals surface area contributed by atoms with Gasteiger partial charge in [0.1, 0.15) is 5.82 Å². The maximum atomic E-state index is 4.61. The van der Waals surface area contributed by atoms with Crippen molar-refractivity contribution in [3.05, 3.63) is 23.9 Å². The topological polar surface area (TPSA) is 52.6 Å². The number of rotatable bonds is 6. The molecule has 1 aliphatic carbocycles. The van der Waals surface area contributed by atoms with Crippen molar-refractivity contribution in [1.82, 2.24) is 15.6 Å². The third-order valence-corrected chi connectivity index (χ3v) is 5.72. The fourth-order valence-electron chi connectivity index (χ4n) is 3.66. The van der Waals surface area contributed by atoms with Gasteiger partial charge in [-0.2, -0.15) is 0 Å². The molecule has 6 heteroatoms. The molecule has 2 heterocycles. The first-order chi connectivity index (χ1) is 11.7. The summed E-state index contributed by atoms with van der Waals surface area (Å²) in [6, 6.07) is 4.30. The van der Waals surface area contributed by atoms with Gasteiger partial charge in [0.2, 0.25) is 0 Å². The molecule has 5 nitrogen and oxygen atoms in total. The number of aromatic nitrogens is 1. The molecule has 0 spiro atoms. The number of anilines is 1. The van der Waals surface area contributed by atoms with Crippen LogP contribution in [0, 0.1) is 5.41 Å². The Bertz CT molecular complexity index is 542. The zero-order chi connectivity index (χ0) is 16.8. The molecule has 0 unspecified atom stereocenters. The lowest BCUT2D eigenvalue weighted by molar-refractivity contribution is 0.131. The predicted octanol–water partition coefficient (Wildman–Crippen LogP) is 3.55. The van der Waals surface area contributed by atoms with Gasteiger partial charge < -0.3 is 15.5 Å². The Labute approximate surface area is 169 Å². The average Bonchev–Trinajstić information content (AvgIpc) is 3.12. The van der Waals surface area contributed by atoms with E-state index in [1.165, 1.54) is 44.1 Å². The number of guanidine groups is 1. The first kappa shape index (κ1) is 20.3. The fraction of sp³-hybridized carbons (Fsp3) is 0.684. The van der Waals surface area contributed by atoms with Crippen LogP contribution in [0.4, 0.5) is 5.82 Å². The summed E-state index contributed by atoms with van der Waals surface area (Å²) in [5.41, 5.74) is 1.69. The van der Waals surface area contributed by atoms with E-state index >= 15 is 0 Å². The van der Waals surface area contributed by atoms with Crippen LogP contribution in [-0.2, 0) is 6.54 Å². The van der Waals surface area contributed by atoms with Gasteiger partial charge in [0.25, 0.3) is 0 Å². The summed E-state index contributed by atoms with van der Waals surface area (Å²) in [4.78, 5) is 11.3. The van der Waals surface area contributed by atoms with Gasteiger partial charge in [0.05, 0.1) is 0 Å². The van der Waals surface area contributed by atoms with E-state index in [1.54, 1.807) is 0 Å². The van der Waals surface area contributed by atoms with E-state index in [9.17, 15) is 0 Å². The molecule has 0 amide bonds. The SMILES string of the molecule is CCC1(CNC(=NC)NCc2ccc(N3CCCC3)nc2)CCC1.I. The number of aliphatic imine (C=N–C) groups is 1. The summed E-state index contributed by atoms with van der Waals surface area (Å²) in [5, 5.41) is 6.90. The van der Waals surface area contributed by atoms with Gasteiger partial charge >= 0.3 is 0 Å². The highest BCUT2D eigenvalue weighted by Gasteiger charge is 2.34. The van der Waals surface area contributed by atoms with Crippen molar-refractivity contribution >= 4 is 35.8 Å². The molecule has 2 fully saturated rings. The first-order valence-electron chi connectivity index (χ1n) is 9.39. The minimum Gasteiger partial charge on any atom is -0.357 e. The Morgan fingerprint density at radius 1 is 1.20 bits per heavy atom. The molecule has 0 bridgehead atoms. The molecule has 2 aliphatic rings. The number of nitrogens with one attached hydrogen (secondary N) is 2. The molecule has 140 valence electrons. The molecule has 1 aromatic heterocycles. The Balaban J connectivity index is 0.00000225. The van der Waals surface area contributed by atoms with Crippen LogP contribution in [0.2, 0.25) is 0 Å². The molecule has 1 saturated heterocycles. The molecule has 1 saturated carbocycles. The molecule has 1 aromatic rings. The highest BCUT2D eigenvalue weighted by molar-refractivity contribution is 14.0. The first-order valence-corrected chi connectivity index (χ1v) is 9.39. The third kappa shape index (κ3) is 5.21. The van der Waals surface area contributed by atoms with E-state index in [0.717, 1.165) is 38.0 Å². The Morgan fingerprint density at radius 3 is 2.48 bits per heavy atom. The molecule has 0 radical (unpaired) electrons. The standard InChI is InChI=1S/C19H31N5.HI/c1-3-19(9-6-10-19)15-23-18(20-2)22-14-16-7-8-17(21-13-16)24-11-4-5-12-24;/h7-8,13H,3-6,9-12,14-15H2,1-2H3,(H2,20,22,23);1H. The van der Waals surface area contributed by atoms with E-state index < -0.39 is 0 Å². The Morgan fingerprint density at radius 2 is 1.96 bits per heavy atom. The van der Waals surface area contributed by atoms with E-state index in [2.05, 4.69) is 44.6 Å². The van der Waals surface area contributed by atoms with E-state index in [1.807, 2.05) is 13.2 Å². The number of pyridine rings is 1. The largest absolute Gasteiger partial charge is 0.357 e. The summed E-state index contributed by atoms with van der Waals surface area (Å²) in [5.74, 6) is 1.99. The van der Waals surface area contributed by atoms with Gasteiger partial charge in [-0.3, -0.25) is 4.99 Å². The van der Waals surface area contributed by atoms with E-state index in [0.29, 0.717) is 5.41 Å². The highest BCUT2D eigenvalue weighted by Crippen LogP contribution is 2.42. The van der Waals surface area contributed by atoms with Crippen LogP contribution in [-0.4, -0.2) is 37.6 Å². The van der Waals surface area contributed by atoms with E-state index in [-0.39, 0.29) is 24.0 Å². The molecule has 2 N–H and O–H groups in total. The zero-order valence-corrected chi connectivity index (χ0v) is 17.9. The van der Waals surface area contributed by atoms with Gasteiger partial charge in [-0.1, -0.05) is 19.4 Å². The monoisotopic (exact) mass is 457 g/mol. The van der Waals surface area contributed by atoms with E-state index in [4.69, 9.17) is 0 Å². The maximum absolute atomic E-state index is 4.61. The quantitative estimate of drug-likeness (QED) is 0.390. The molecule has 25 heavy (non-hydrogen) atoms. The minimum atomic E-state index is 0. The van der Waals surface area contributed by atoms with Crippen LogP contribution >= 0.6 is 24.0 Å². The number of hydrogen-bond donors (Lipinski definition) is 2. The van der Waals surface area contributed by atoms with Crippen molar-refractivity contribution in [3.8, 4) is 0 Å². The van der Waals surface area contributed by atoms with Crippen molar-refractivity contribution in [2.45, 2.75) is 52.0 Å². The number of hydrogen-bond acceptors (Lipinski definition) is 3. The highest BCUT2D eigenvalue weighted by atomic mass is 127. The lowest BCUT2D eigenvalue weighted by Crippen LogP contribution is -2.46. The van der Waals surface area contributed by atoms with Gasteiger partial charge in [-0.05, 0) is 49.1 Å². The summed E-state index contributed by atoms with van der Waals surface area (Å²) < 4.78 is 0. The Kier molecular flexibility index (Phi) is 7.78. The molecule has 0 atom stereocenters. The molecular formula is C19H32IN5. The third-order valence-electron chi connectivity index (χ3n) is 5.72. The predicted molar refractivity (Wildman–Crippen MR) is 116 cm³/mol. The minimum absolute atomic E-state index is 0. The maximum Gasteiger partial charge on any atom is 0.191 e. The van der Waals surface area contributed by atoms with Crippen molar-refractivity contribution in [3.63, 3.8) is 0 Å². The summed E-state index contributed by atoms with van der Waals surface area (Å²) in [6.45, 7) is 6.35. The number of nitrogens with zero attached hydrogens (tertiary/aromatic N) is 3. The smallest absolute Gasteiger partial charge is 0.191 e. The molecular weight excluding hydrogens is 425 g/mol. The lowest BCUT2D eigenvalue weighted by atomic mass is 9.67. The second-order valence-corrected chi connectivity index (χ2v) is 7.21. The van der Waals surface area contributed by atoms with Crippen molar-refractivity contribution < 1.29 is 0 Å². The van der Waals surface area contributed by atoms with Crippen LogP contribution < -0.4 is 15.5 Å². The lowest BCUT2D eigenvalue weighted by Gasteiger charge is -2.41. The fourth-order valence-corrected chi connectivity index (χ4v) is 3.66. The summed E-state index contributed by atoms with van der Waals surface area (Å²) in [6.07, 6.45) is 9.85. The normalized spacial score (nSPS) is 19.1. The van der Waals surface area contributed by atoms with Crippen LogP contribution in [0.3, 0.4) is 0 Å². The van der Waals surface area contributed by atoms with Crippen molar-refractivity contribution in [1.29, 1.82) is 0 Å². The molecule has 3 rings (SSSR count). The van der Waals surface area contributed by atoms with Gasteiger partial charge in [0.15, 0.2) is 5.96 Å².